The second-order valence-corrected chi connectivity index (χ2v) is 7.47. The van der Waals surface area contributed by atoms with E-state index in [4.69, 9.17) is 4.74 Å². The fourth-order valence-electron chi connectivity index (χ4n) is 3.52. The van der Waals surface area contributed by atoms with E-state index in [9.17, 15) is 14.7 Å². The number of amides is 1. The molecule has 1 aliphatic heterocycles. The number of nitrogens with one attached hydrogen (secondary N) is 3. The molecule has 8 nitrogen and oxygen atoms in total. The fraction of sp³-hybridized carbons (Fsp3) is 0.208. The molecule has 1 unspecified atom stereocenters. The SMILES string of the molecule is O=C(NCc1ccccc1C(=O)O)c1cccc(COc2ccc(C3CCNN3)nc2)c1. The third-order valence-electron chi connectivity index (χ3n) is 5.23. The van der Waals surface area contributed by atoms with Crippen LogP contribution in [0, 0.1) is 0 Å². The molecule has 1 saturated heterocycles. The second kappa shape index (κ2) is 10.0. The van der Waals surface area contributed by atoms with Crippen LogP contribution in [0.1, 0.15) is 50.0 Å². The van der Waals surface area contributed by atoms with Crippen molar-refractivity contribution in [2.24, 2.45) is 0 Å². The summed E-state index contributed by atoms with van der Waals surface area (Å²) in [4.78, 5) is 28.3. The Morgan fingerprint density at radius 1 is 1.12 bits per heavy atom. The average Bonchev–Trinajstić information content (AvgIpc) is 3.37. The minimum Gasteiger partial charge on any atom is -0.487 e. The van der Waals surface area contributed by atoms with E-state index in [1.165, 1.54) is 6.07 Å². The molecule has 3 aromatic rings. The van der Waals surface area contributed by atoms with Crippen LogP contribution in [0.25, 0.3) is 0 Å². The van der Waals surface area contributed by atoms with Crippen LogP contribution in [0.2, 0.25) is 0 Å². The highest BCUT2D eigenvalue weighted by Crippen LogP contribution is 2.20. The molecule has 4 rings (SSSR count). The number of aromatic nitrogens is 1. The van der Waals surface area contributed by atoms with Crippen molar-refractivity contribution < 1.29 is 19.4 Å². The monoisotopic (exact) mass is 432 g/mol. The summed E-state index contributed by atoms with van der Waals surface area (Å²) in [6.45, 7) is 1.35. The van der Waals surface area contributed by atoms with Crippen molar-refractivity contribution >= 4 is 11.9 Å². The van der Waals surface area contributed by atoms with Crippen molar-refractivity contribution in [3.05, 3.63) is 94.8 Å². The largest absolute Gasteiger partial charge is 0.487 e. The summed E-state index contributed by atoms with van der Waals surface area (Å²) in [6.07, 6.45) is 2.69. The summed E-state index contributed by atoms with van der Waals surface area (Å²) in [5.41, 5.74) is 9.28. The van der Waals surface area contributed by atoms with Crippen molar-refractivity contribution in [1.82, 2.24) is 21.2 Å². The van der Waals surface area contributed by atoms with E-state index in [-0.39, 0.29) is 24.1 Å². The zero-order valence-electron chi connectivity index (χ0n) is 17.4. The molecule has 1 aromatic heterocycles. The van der Waals surface area contributed by atoms with Crippen LogP contribution >= 0.6 is 0 Å². The van der Waals surface area contributed by atoms with E-state index in [1.807, 2.05) is 18.2 Å². The van der Waals surface area contributed by atoms with E-state index in [1.54, 1.807) is 42.6 Å². The van der Waals surface area contributed by atoms with Crippen LogP contribution in [-0.2, 0) is 13.2 Å². The number of benzene rings is 2. The first kappa shape index (κ1) is 21.5. The predicted molar refractivity (Wildman–Crippen MR) is 118 cm³/mol. The lowest BCUT2D eigenvalue weighted by Gasteiger charge is -2.11. The Labute approximate surface area is 185 Å². The second-order valence-electron chi connectivity index (χ2n) is 7.47. The summed E-state index contributed by atoms with van der Waals surface area (Å²) in [5.74, 6) is -0.650. The predicted octanol–water partition coefficient (Wildman–Crippen LogP) is 2.83. The molecule has 32 heavy (non-hydrogen) atoms. The van der Waals surface area contributed by atoms with Gasteiger partial charge in [0.2, 0.25) is 0 Å². The summed E-state index contributed by atoms with van der Waals surface area (Å²) in [5, 5.41) is 12.1. The molecule has 1 fully saturated rings. The Hall–Kier alpha value is -3.75. The lowest BCUT2D eigenvalue weighted by molar-refractivity contribution is 0.0694. The molecule has 0 radical (unpaired) electrons. The normalized spacial score (nSPS) is 15.3. The highest BCUT2D eigenvalue weighted by molar-refractivity contribution is 5.94. The standard InChI is InChI=1S/C24H24N4O4/c29-23(26-13-18-5-1-2-7-20(18)24(30)31)17-6-3-4-16(12-17)15-32-19-8-9-21(25-14-19)22-10-11-27-28-22/h1-9,12,14,22,27-28H,10-11,13,15H2,(H,26,29)(H,30,31). The molecule has 8 heteroatoms. The van der Waals surface area contributed by atoms with E-state index in [2.05, 4.69) is 21.2 Å². The lowest BCUT2D eigenvalue weighted by Crippen LogP contribution is -2.25. The topological polar surface area (TPSA) is 113 Å². The van der Waals surface area contributed by atoms with Crippen LogP contribution in [0.5, 0.6) is 5.75 Å². The maximum Gasteiger partial charge on any atom is 0.336 e. The van der Waals surface area contributed by atoms with Crippen molar-refractivity contribution in [3.63, 3.8) is 0 Å². The third kappa shape index (κ3) is 5.29. The van der Waals surface area contributed by atoms with Crippen LogP contribution in [0.3, 0.4) is 0 Å². The van der Waals surface area contributed by atoms with Gasteiger partial charge in [-0.05, 0) is 47.9 Å². The summed E-state index contributed by atoms with van der Waals surface area (Å²) in [7, 11) is 0. The first-order valence-electron chi connectivity index (χ1n) is 10.4. The smallest absolute Gasteiger partial charge is 0.336 e. The Bertz CT molecular complexity index is 1100. The van der Waals surface area contributed by atoms with Crippen molar-refractivity contribution in [2.45, 2.75) is 25.6 Å². The number of aromatic carboxylic acids is 1. The number of hydrazine groups is 1. The van der Waals surface area contributed by atoms with Crippen LogP contribution < -0.4 is 20.9 Å². The van der Waals surface area contributed by atoms with Crippen molar-refractivity contribution in [2.75, 3.05) is 6.54 Å². The van der Waals surface area contributed by atoms with E-state index in [0.717, 1.165) is 24.2 Å². The molecule has 164 valence electrons. The van der Waals surface area contributed by atoms with Gasteiger partial charge in [0.25, 0.3) is 5.91 Å². The molecule has 0 bridgehead atoms. The van der Waals surface area contributed by atoms with Gasteiger partial charge in [0.1, 0.15) is 12.4 Å². The first-order valence-corrected chi connectivity index (χ1v) is 10.4. The first-order chi connectivity index (χ1) is 15.6. The summed E-state index contributed by atoms with van der Waals surface area (Å²) >= 11 is 0. The van der Waals surface area contributed by atoms with Gasteiger partial charge < -0.3 is 15.2 Å². The molecule has 0 spiro atoms. The fourth-order valence-corrected chi connectivity index (χ4v) is 3.52. The van der Waals surface area contributed by atoms with Gasteiger partial charge in [0.15, 0.2) is 0 Å². The Kier molecular flexibility index (Phi) is 6.74. The molecule has 4 N–H and O–H groups in total. The average molecular weight is 432 g/mol. The van der Waals surface area contributed by atoms with Gasteiger partial charge in [-0.15, -0.1) is 0 Å². The molecular formula is C24H24N4O4. The van der Waals surface area contributed by atoms with Gasteiger partial charge in [-0.1, -0.05) is 30.3 Å². The third-order valence-corrected chi connectivity index (χ3v) is 5.23. The highest BCUT2D eigenvalue weighted by atomic mass is 16.5. The van der Waals surface area contributed by atoms with Gasteiger partial charge in [-0.25, -0.2) is 10.2 Å². The Morgan fingerprint density at radius 3 is 2.75 bits per heavy atom. The molecular weight excluding hydrogens is 408 g/mol. The van der Waals surface area contributed by atoms with Crippen LogP contribution in [0.15, 0.2) is 66.9 Å². The number of carboxylic acids is 1. The number of carbonyl (C=O) groups is 2. The number of rotatable bonds is 8. The maximum absolute atomic E-state index is 12.6. The van der Waals surface area contributed by atoms with Gasteiger partial charge in [0.05, 0.1) is 23.5 Å². The Balaban J connectivity index is 1.34. The van der Waals surface area contributed by atoms with Crippen molar-refractivity contribution in [3.8, 4) is 5.75 Å². The minimum absolute atomic E-state index is 0.130. The van der Waals surface area contributed by atoms with Crippen LogP contribution in [0.4, 0.5) is 0 Å². The molecule has 0 aliphatic carbocycles. The van der Waals surface area contributed by atoms with Gasteiger partial charge >= 0.3 is 5.97 Å². The van der Waals surface area contributed by atoms with Crippen LogP contribution in [-0.4, -0.2) is 28.5 Å². The summed E-state index contributed by atoms with van der Waals surface area (Å²) < 4.78 is 5.82. The number of ether oxygens (including phenoxy) is 1. The number of carbonyl (C=O) groups excluding carboxylic acids is 1. The zero-order valence-corrected chi connectivity index (χ0v) is 17.4. The molecule has 0 saturated carbocycles. The molecule has 1 atom stereocenters. The maximum atomic E-state index is 12.6. The number of nitrogens with zero attached hydrogens (tertiary/aromatic N) is 1. The molecule has 2 aromatic carbocycles. The van der Waals surface area contributed by atoms with Gasteiger partial charge in [-0.3, -0.25) is 15.2 Å². The highest BCUT2D eigenvalue weighted by Gasteiger charge is 2.17. The summed E-state index contributed by atoms with van der Waals surface area (Å²) in [6, 6.07) is 17.8. The number of hydrogen-bond donors (Lipinski definition) is 4. The molecule has 2 heterocycles. The number of hydrogen-bond acceptors (Lipinski definition) is 6. The molecule has 1 aliphatic rings. The number of carboxylic acid groups (broad SMARTS) is 1. The van der Waals surface area contributed by atoms with E-state index >= 15 is 0 Å². The zero-order chi connectivity index (χ0) is 22.3. The lowest BCUT2D eigenvalue weighted by atomic mass is 10.1. The number of pyridine rings is 1. The van der Waals surface area contributed by atoms with Gasteiger partial charge in [-0.2, -0.15) is 0 Å². The van der Waals surface area contributed by atoms with Gasteiger partial charge in [0, 0.05) is 18.7 Å². The Morgan fingerprint density at radius 2 is 2.00 bits per heavy atom. The minimum atomic E-state index is -1.02. The van der Waals surface area contributed by atoms with E-state index < -0.39 is 5.97 Å². The quantitative estimate of drug-likeness (QED) is 0.433. The van der Waals surface area contributed by atoms with E-state index in [0.29, 0.717) is 23.5 Å². The molecule has 1 amide bonds. The van der Waals surface area contributed by atoms with Crippen molar-refractivity contribution in [1.29, 1.82) is 0 Å².